The predicted molar refractivity (Wildman–Crippen MR) is 79.5 cm³/mol. The van der Waals surface area contributed by atoms with Gasteiger partial charge in [-0.2, -0.15) is 0 Å². The minimum absolute atomic E-state index is 0.162. The molecule has 2 rings (SSSR count). The highest BCUT2D eigenvalue weighted by Crippen LogP contribution is 2.18. The summed E-state index contributed by atoms with van der Waals surface area (Å²) in [5.41, 5.74) is 1.17. The number of hydrogen-bond donors (Lipinski definition) is 0. The molecule has 0 radical (unpaired) electrons. The summed E-state index contributed by atoms with van der Waals surface area (Å²) in [6, 6.07) is 12.4. The van der Waals surface area contributed by atoms with Gasteiger partial charge in [0.1, 0.15) is 5.82 Å². The minimum atomic E-state index is -3.42. The molecule has 104 valence electrons. The fraction of sp³-hybridized carbons (Fsp3) is 0.0667. The Kier molecular flexibility index (Phi) is 4.57. The van der Waals surface area contributed by atoms with E-state index in [-0.39, 0.29) is 11.6 Å². The van der Waals surface area contributed by atoms with E-state index in [1.165, 1.54) is 30.3 Å². The lowest BCUT2D eigenvalue weighted by Gasteiger charge is -2.02. The molecule has 0 aliphatic heterocycles. The van der Waals surface area contributed by atoms with Gasteiger partial charge in [-0.15, -0.1) is 0 Å². The molecular weight excluding hydrogens is 299 g/mol. The van der Waals surface area contributed by atoms with E-state index in [9.17, 15) is 12.8 Å². The molecule has 0 atom stereocenters. The molecule has 2 aromatic rings. The molecule has 0 unspecified atom stereocenters. The van der Waals surface area contributed by atoms with Crippen molar-refractivity contribution in [3.8, 4) is 0 Å². The van der Waals surface area contributed by atoms with E-state index in [0.29, 0.717) is 16.1 Å². The Morgan fingerprint density at radius 1 is 1.05 bits per heavy atom. The number of hydrogen-bond acceptors (Lipinski definition) is 2. The molecule has 0 aliphatic carbocycles. The van der Waals surface area contributed by atoms with Crippen molar-refractivity contribution in [2.45, 2.75) is 5.75 Å². The van der Waals surface area contributed by atoms with Crippen molar-refractivity contribution in [2.75, 3.05) is 0 Å². The topological polar surface area (TPSA) is 34.1 Å². The van der Waals surface area contributed by atoms with Crippen molar-refractivity contribution in [2.24, 2.45) is 0 Å². The third-order valence-electron chi connectivity index (χ3n) is 2.65. The number of sulfone groups is 1. The van der Waals surface area contributed by atoms with Crippen LogP contribution in [-0.4, -0.2) is 8.42 Å². The van der Waals surface area contributed by atoms with E-state index in [2.05, 4.69) is 0 Å². The Hall–Kier alpha value is -1.65. The van der Waals surface area contributed by atoms with Gasteiger partial charge in [-0.1, -0.05) is 41.9 Å². The molecular formula is C15H12ClFO2S. The van der Waals surface area contributed by atoms with Gasteiger partial charge in [0.05, 0.1) is 5.75 Å². The maximum atomic E-state index is 12.7. The molecule has 0 aliphatic rings. The van der Waals surface area contributed by atoms with Gasteiger partial charge < -0.3 is 0 Å². The van der Waals surface area contributed by atoms with Crippen LogP contribution in [0.4, 0.5) is 4.39 Å². The summed E-state index contributed by atoms with van der Waals surface area (Å²) in [6.45, 7) is 0. The summed E-state index contributed by atoms with van der Waals surface area (Å²) in [7, 11) is -3.42. The van der Waals surface area contributed by atoms with E-state index >= 15 is 0 Å². The van der Waals surface area contributed by atoms with Gasteiger partial charge in [0, 0.05) is 10.4 Å². The largest absolute Gasteiger partial charge is 0.224 e. The zero-order chi connectivity index (χ0) is 14.6. The highest BCUT2D eigenvalue weighted by Gasteiger charge is 2.10. The summed E-state index contributed by atoms with van der Waals surface area (Å²) >= 11 is 5.93. The second-order valence-electron chi connectivity index (χ2n) is 4.25. The maximum Gasteiger partial charge on any atom is 0.175 e. The number of rotatable bonds is 4. The average Bonchev–Trinajstić information content (AvgIpc) is 2.41. The highest BCUT2D eigenvalue weighted by molar-refractivity contribution is 7.93. The summed E-state index contributed by atoms with van der Waals surface area (Å²) in [4.78, 5) is 0. The molecule has 0 amide bonds. The molecule has 0 saturated heterocycles. The fourth-order valence-electron chi connectivity index (χ4n) is 1.64. The molecule has 0 fully saturated rings. The van der Waals surface area contributed by atoms with Crippen LogP contribution in [0.15, 0.2) is 53.9 Å². The normalized spacial score (nSPS) is 11.9. The summed E-state index contributed by atoms with van der Waals surface area (Å²) in [6.07, 6.45) is 1.44. The van der Waals surface area contributed by atoms with Gasteiger partial charge in [-0.3, -0.25) is 0 Å². The lowest BCUT2D eigenvalue weighted by atomic mass is 10.2. The van der Waals surface area contributed by atoms with Gasteiger partial charge >= 0.3 is 0 Å². The standard InChI is InChI=1S/C15H12ClFO2S/c16-15-4-2-1-3-13(15)11-20(18,19)10-9-12-5-7-14(17)8-6-12/h1-10H,11H2. The smallest absolute Gasteiger partial charge is 0.175 e. The van der Waals surface area contributed by atoms with Crippen LogP contribution in [0.25, 0.3) is 6.08 Å². The monoisotopic (exact) mass is 310 g/mol. The molecule has 0 aromatic heterocycles. The van der Waals surface area contributed by atoms with E-state index in [1.807, 2.05) is 0 Å². The van der Waals surface area contributed by atoms with Crippen LogP contribution in [0, 0.1) is 5.82 Å². The van der Waals surface area contributed by atoms with Crippen LogP contribution in [0.5, 0.6) is 0 Å². The van der Waals surface area contributed by atoms with Crippen molar-refractivity contribution < 1.29 is 12.8 Å². The third-order valence-corrected chi connectivity index (χ3v) is 4.29. The number of benzene rings is 2. The highest BCUT2D eigenvalue weighted by atomic mass is 35.5. The molecule has 0 spiro atoms. The molecule has 5 heteroatoms. The van der Waals surface area contributed by atoms with Crippen molar-refractivity contribution in [1.82, 2.24) is 0 Å². The summed E-state index contributed by atoms with van der Waals surface area (Å²) < 4.78 is 36.7. The molecule has 0 bridgehead atoms. The molecule has 0 heterocycles. The van der Waals surface area contributed by atoms with E-state index in [0.717, 1.165) is 5.41 Å². The van der Waals surface area contributed by atoms with Gasteiger partial charge in [-0.25, -0.2) is 12.8 Å². The van der Waals surface area contributed by atoms with Gasteiger partial charge in [0.25, 0.3) is 0 Å². The Balaban J connectivity index is 2.15. The summed E-state index contributed by atoms with van der Waals surface area (Å²) in [5, 5.41) is 1.54. The molecule has 0 N–H and O–H groups in total. The Labute approximate surface area is 122 Å². The fourth-order valence-corrected chi connectivity index (χ4v) is 3.06. The second kappa shape index (κ2) is 6.20. The van der Waals surface area contributed by atoms with Gasteiger partial charge in [-0.05, 0) is 35.4 Å². The van der Waals surface area contributed by atoms with E-state index in [1.54, 1.807) is 24.3 Å². The van der Waals surface area contributed by atoms with Crippen LogP contribution in [0.2, 0.25) is 5.02 Å². The molecule has 20 heavy (non-hydrogen) atoms. The third kappa shape index (κ3) is 4.18. The van der Waals surface area contributed by atoms with Crippen molar-refractivity contribution in [3.63, 3.8) is 0 Å². The Morgan fingerprint density at radius 3 is 2.35 bits per heavy atom. The van der Waals surface area contributed by atoms with Crippen LogP contribution < -0.4 is 0 Å². The van der Waals surface area contributed by atoms with Gasteiger partial charge in [0.15, 0.2) is 9.84 Å². The lowest BCUT2D eigenvalue weighted by molar-refractivity contribution is 0.604. The first kappa shape index (κ1) is 14.8. The first-order chi connectivity index (χ1) is 9.46. The molecule has 0 saturated carbocycles. The maximum absolute atomic E-state index is 12.7. The SMILES string of the molecule is O=S(=O)(C=Cc1ccc(F)cc1)Cc1ccccc1Cl. The predicted octanol–water partition coefficient (Wildman–Crippen LogP) is 4.06. The lowest BCUT2D eigenvalue weighted by Crippen LogP contribution is -2.00. The number of halogens is 2. The van der Waals surface area contributed by atoms with Crippen molar-refractivity contribution >= 4 is 27.5 Å². The average molecular weight is 311 g/mol. The Morgan fingerprint density at radius 2 is 1.70 bits per heavy atom. The Bertz CT molecular complexity index is 722. The minimum Gasteiger partial charge on any atom is -0.224 e. The van der Waals surface area contributed by atoms with Crippen LogP contribution >= 0.6 is 11.6 Å². The first-order valence-corrected chi connectivity index (χ1v) is 7.95. The zero-order valence-electron chi connectivity index (χ0n) is 10.5. The van der Waals surface area contributed by atoms with Crippen molar-refractivity contribution in [3.05, 3.63) is 75.9 Å². The van der Waals surface area contributed by atoms with Crippen LogP contribution in [0.1, 0.15) is 11.1 Å². The molecule has 2 aromatic carbocycles. The second-order valence-corrected chi connectivity index (χ2v) is 6.55. The van der Waals surface area contributed by atoms with Crippen molar-refractivity contribution in [1.29, 1.82) is 0 Å². The van der Waals surface area contributed by atoms with Gasteiger partial charge in [0.2, 0.25) is 0 Å². The summed E-state index contributed by atoms with van der Waals surface area (Å²) in [5.74, 6) is -0.522. The van der Waals surface area contributed by atoms with Crippen LogP contribution in [-0.2, 0) is 15.6 Å². The first-order valence-electron chi connectivity index (χ1n) is 5.86. The van der Waals surface area contributed by atoms with E-state index < -0.39 is 9.84 Å². The van der Waals surface area contributed by atoms with E-state index in [4.69, 9.17) is 11.6 Å². The molecule has 2 nitrogen and oxygen atoms in total. The van der Waals surface area contributed by atoms with Crippen LogP contribution in [0.3, 0.4) is 0 Å². The quantitative estimate of drug-likeness (QED) is 0.853. The zero-order valence-corrected chi connectivity index (χ0v) is 12.0.